The summed E-state index contributed by atoms with van der Waals surface area (Å²) < 4.78 is 5.83. The van der Waals surface area contributed by atoms with Crippen LogP contribution in [0.4, 0.5) is 0 Å². The smallest absolute Gasteiger partial charge is 0.0685 e. The third kappa shape index (κ3) is 2.13. The number of nitrogens with zero attached hydrogens (tertiary/aromatic N) is 1. The van der Waals surface area contributed by atoms with Crippen molar-refractivity contribution < 1.29 is 4.74 Å². The minimum Gasteiger partial charge on any atom is -0.377 e. The molecule has 100 valence electrons. The lowest BCUT2D eigenvalue weighted by Crippen LogP contribution is -2.67. The molecule has 1 aliphatic carbocycles. The van der Waals surface area contributed by atoms with E-state index in [0.29, 0.717) is 17.6 Å². The van der Waals surface area contributed by atoms with E-state index in [-0.39, 0.29) is 5.54 Å². The van der Waals surface area contributed by atoms with Crippen molar-refractivity contribution >= 4 is 0 Å². The van der Waals surface area contributed by atoms with Crippen molar-refractivity contribution in [3.05, 3.63) is 0 Å². The zero-order chi connectivity index (χ0) is 12.8. The van der Waals surface area contributed by atoms with Crippen LogP contribution in [0, 0.1) is 11.3 Å². The Morgan fingerprint density at radius 2 is 2.00 bits per heavy atom. The summed E-state index contributed by atoms with van der Waals surface area (Å²) in [6, 6.07) is 0.620. The lowest BCUT2D eigenvalue weighted by molar-refractivity contribution is -0.114. The first-order valence-electron chi connectivity index (χ1n) is 6.79. The molecule has 0 amide bonds. The Morgan fingerprint density at radius 1 is 1.35 bits per heavy atom. The number of nitrogens with one attached hydrogen (secondary N) is 1. The van der Waals surface area contributed by atoms with Gasteiger partial charge in [-0.2, -0.15) is 0 Å². The van der Waals surface area contributed by atoms with Crippen LogP contribution >= 0.6 is 0 Å². The predicted molar refractivity (Wildman–Crippen MR) is 71.2 cm³/mol. The van der Waals surface area contributed by atoms with Gasteiger partial charge in [0.15, 0.2) is 0 Å². The molecule has 0 spiro atoms. The third-order valence-corrected chi connectivity index (χ3v) is 5.07. The molecule has 0 bridgehead atoms. The Bertz CT molecular complexity index is 286. The fraction of sp³-hybridized carbons (Fsp3) is 1.00. The Hall–Kier alpha value is -0.120. The van der Waals surface area contributed by atoms with Crippen LogP contribution in [-0.2, 0) is 4.74 Å². The molecule has 1 aliphatic heterocycles. The second-order valence-corrected chi connectivity index (χ2v) is 7.13. The number of ether oxygens (including phenoxy) is 1. The molecule has 0 aromatic heterocycles. The van der Waals surface area contributed by atoms with Gasteiger partial charge in [0.25, 0.3) is 0 Å². The molecule has 0 aromatic carbocycles. The van der Waals surface area contributed by atoms with Gasteiger partial charge in [-0.15, -0.1) is 0 Å². The van der Waals surface area contributed by atoms with Crippen LogP contribution in [0.1, 0.15) is 34.1 Å². The standard InChI is InChI=1S/C14H28N2O/c1-13(2,16(5)6)9-15-11-10-7-8-17-12(10)14(11,3)4/h10-12,15H,7-9H2,1-6H3. The van der Waals surface area contributed by atoms with E-state index in [9.17, 15) is 0 Å². The van der Waals surface area contributed by atoms with Crippen molar-refractivity contribution in [2.75, 3.05) is 27.2 Å². The van der Waals surface area contributed by atoms with E-state index in [1.807, 2.05) is 0 Å². The number of fused-ring (bicyclic) bond motifs is 1. The normalized spacial score (nSPS) is 35.8. The van der Waals surface area contributed by atoms with Crippen molar-refractivity contribution in [1.29, 1.82) is 0 Å². The molecule has 1 saturated heterocycles. The molecule has 0 radical (unpaired) electrons. The van der Waals surface area contributed by atoms with Crippen LogP contribution in [0.25, 0.3) is 0 Å². The average molecular weight is 240 g/mol. The number of rotatable bonds is 4. The molecule has 3 heteroatoms. The van der Waals surface area contributed by atoms with Gasteiger partial charge in [0, 0.05) is 36.1 Å². The molecule has 3 nitrogen and oxygen atoms in total. The van der Waals surface area contributed by atoms with E-state index in [0.717, 1.165) is 19.1 Å². The van der Waals surface area contributed by atoms with E-state index in [2.05, 4.69) is 52.0 Å². The Kier molecular flexibility index (Phi) is 3.30. The highest BCUT2D eigenvalue weighted by Crippen LogP contribution is 2.52. The summed E-state index contributed by atoms with van der Waals surface area (Å²) in [6.45, 7) is 11.2. The van der Waals surface area contributed by atoms with E-state index < -0.39 is 0 Å². The zero-order valence-electron chi connectivity index (χ0n) is 12.2. The summed E-state index contributed by atoms with van der Waals surface area (Å²) in [6.07, 6.45) is 1.72. The van der Waals surface area contributed by atoms with Gasteiger partial charge in [0.2, 0.25) is 0 Å². The van der Waals surface area contributed by atoms with Crippen LogP contribution in [0.5, 0.6) is 0 Å². The van der Waals surface area contributed by atoms with Crippen LogP contribution in [0.3, 0.4) is 0 Å². The van der Waals surface area contributed by atoms with Crippen LogP contribution < -0.4 is 5.32 Å². The maximum atomic E-state index is 5.83. The van der Waals surface area contributed by atoms with Crippen molar-refractivity contribution in [2.45, 2.75) is 51.8 Å². The fourth-order valence-corrected chi connectivity index (χ4v) is 3.26. The van der Waals surface area contributed by atoms with Gasteiger partial charge in [0.05, 0.1) is 6.10 Å². The van der Waals surface area contributed by atoms with Crippen molar-refractivity contribution in [3.63, 3.8) is 0 Å². The number of hydrogen-bond donors (Lipinski definition) is 1. The molecule has 17 heavy (non-hydrogen) atoms. The monoisotopic (exact) mass is 240 g/mol. The highest BCUT2D eigenvalue weighted by molar-refractivity contribution is 5.11. The van der Waals surface area contributed by atoms with Crippen LogP contribution in [0.2, 0.25) is 0 Å². The van der Waals surface area contributed by atoms with Crippen molar-refractivity contribution in [1.82, 2.24) is 10.2 Å². The van der Waals surface area contributed by atoms with E-state index in [4.69, 9.17) is 4.74 Å². The first-order chi connectivity index (χ1) is 7.77. The van der Waals surface area contributed by atoms with Crippen LogP contribution in [0.15, 0.2) is 0 Å². The molecular formula is C14H28N2O. The van der Waals surface area contributed by atoms with Gasteiger partial charge in [-0.25, -0.2) is 0 Å². The van der Waals surface area contributed by atoms with Gasteiger partial charge in [0.1, 0.15) is 0 Å². The fourth-order valence-electron chi connectivity index (χ4n) is 3.26. The molecule has 2 fully saturated rings. The average Bonchev–Trinajstić information content (AvgIpc) is 2.63. The van der Waals surface area contributed by atoms with E-state index in [1.165, 1.54) is 6.42 Å². The summed E-state index contributed by atoms with van der Waals surface area (Å²) in [7, 11) is 4.30. The molecule has 1 heterocycles. The minimum absolute atomic E-state index is 0.209. The first kappa shape index (κ1) is 13.3. The third-order valence-electron chi connectivity index (χ3n) is 5.07. The van der Waals surface area contributed by atoms with Gasteiger partial charge >= 0.3 is 0 Å². The second kappa shape index (κ2) is 4.22. The molecule has 0 aromatic rings. The summed E-state index contributed by atoms with van der Waals surface area (Å²) in [4.78, 5) is 2.29. The second-order valence-electron chi connectivity index (χ2n) is 7.13. The summed E-state index contributed by atoms with van der Waals surface area (Å²) in [5.74, 6) is 0.739. The summed E-state index contributed by atoms with van der Waals surface area (Å²) in [5, 5.41) is 3.78. The molecule has 1 saturated carbocycles. The van der Waals surface area contributed by atoms with Crippen molar-refractivity contribution in [2.24, 2.45) is 11.3 Å². The Labute approximate surface area is 106 Å². The summed E-state index contributed by atoms with van der Waals surface area (Å²) >= 11 is 0. The lowest BCUT2D eigenvalue weighted by atomic mass is 9.57. The topological polar surface area (TPSA) is 24.5 Å². The van der Waals surface area contributed by atoms with Crippen LogP contribution in [-0.4, -0.2) is 49.8 Å². The molecular weight excluding hydrogens is 212 g/mol. The largest absolute Gasteiger partial charge is 0.377 e. The number of hydrogen-bond acceptors (Lipinski definition) is 3. The Morgan fingerprint density at radius 3 is 2.59 bits per heavy atom. The number of likely N-dealkylation sites (N-methyl/N-ethyl adjacent to an activating group) is 1. The highest BCUT2D eigenvalue weighted by Gasteiger charge is 2.59. The van der Waals surface area contributed by atoms with E-state index >= 15 is 0 Å². The SMILES string of the molecule is CN(C)C(C)(C)CNC1C2CCOC2C1(C)C. The zero-order valence-corrected chi connectivity index (χ0v) is 12.2. The molecule has 2 aliphatic rings. The van der Waals surface area contributed by atoms with Gasteiger partial charge < -0.3 is 15.0 Å². The maximum absolute atomic E-state index is 5.83. The van der Waals surface area contributed by atoms with Crippen molar-refractivity contribution in [3.8, 4) is 0 Å². The molecule has 2 rings (SSSR count). The van der Waals surface area contributed by atoms with Gasteiger partial charge in [-0.1, -0.05) is 13.8 Å². The lowest BCUT2D eigenvalue weighted by Gasteiger charge is -2.55. The molecule has 3 atom stereocenters. The quantitative estimate of drug-likeness (QED) is 0.810. The molecule has 3 unspecified atom stereocenters. The first-order valence-corrected chi connectivity index (χ1v) is 6.79. The minimum atomic E-state index is 0.209. The summed E-state index contributed by atoms with van der Waals surface area (Å²) in [5.41, 5.74) is 0.504. The van der Waals surface area contributed by atoms with Gasteiger partial charge in [-0.3, -0.25) is 0 Å². The highest BCUT2D eigenvalue weighted by atomic mass is 16.5. The maximum Gasteiger partial charge on any atom is 0.0685 e. The van der Waals surface area contributed by atoms with E-state index in [1.54, 1.807) is 0 Å². The Balaban J connectivity index is 1.92. The predicted octanol–water partition coefficient (Wildman–Crippen LogP) is 1.73. The molecule has 1 N–H and O–H groups in total. The van der Waals surface area contributed by atoms with Gasteiger partial charge in [-0.05, 0) is 34.4 Å².